The highest BCUT2D eigenvalue weighted by Crippen LogP contribution is 2.34. The molecule has 1 atom stereocenters. The molecule has 20 heavy (non-hydrogen) atoms. The Balaban J connectivity index is 2.16. The first-order valence-electron chi connectivity index (χ1n) is 7.77. The van der Waals surface area contributed by atoms with E-state index in [2.05, 4.69) is 63.8 Å². The summed E-state index contributed by atoms with van der Waals surface area (Å²) < 4.78 is 0. The van der Waals surface area contributed by atoms with Crippen molar-refractivity contribution in [1.29, 1.82) is 0 Å². The molecule has 0 radical (unpaired) electrons. The molecule has 1 aliphatic rings. The first kappa shape index (κ1) is 15.5. The fourth-order valence-corrected chi connectivity index (χ4v) is 3.12. The van der Waals surface area contributed by atoms with Gasteiger partial charge in [-0.3, -0.25) is 4.90 Å². The molecule has 1 aliphatic heterocycles. The van der Waals surface area contributed by atoms with E-state index in [-0.39, 0.29) is 5.41 Å². The van der Waals surface area contributed by atoms with Gasteiger partial charge >= 0.3 is 0 Å². The second-order valence-corrected chi connectivity index (χ2v) is 8.01. The van der Waals surface area contributed by atoms with Crippen LogP contribution in [0.15, 0.2) is 24.3 Å². The van der Waals surface area contributed by atoms with Gasteiger partial charge in [0.25, 0.3) is 0 Å². The number of hydrogen-bond donors (Lipinski definition) is 1. The van der Waals surface area contributed by atoms with E-state index in [1.807, 2.05) is 0 Å². The lowest BCUT2D eigenvalue weighted by Crippen LogP contribution is -2.33. The van der Waals surface area contributed by atoms with Crippen molar-refractivity contribution in [2.24, 2.45) is 11.1 Å². The molecule has 0 bridgehead atoms. The molecule has 2 nitrogen and oxygen atoms in total. The van der Waals surface area contributed by atoms with Crippen molar-refractivity contribution in [2.45, 2.75) is 52.5 Å². The highest BCUT2D eigenvalue weighted by Gasteiger charge is 2.33. The van der Waals surface area contributed by atoms with Crippen molar-refractivity contribution in [1.82, 2.24) is 4.90 Å². The molecule has 1 heterocycles. The van der Waals surface area contributed by atoms with Crippen LogP contribution in [-0.2, 0) is 5.41 Å². The monoisotopic (exact) mass is 274 g/mol. The van der Waals surface area contributed by atoms with E-state index in [9.17, 15) is 0 Å². The van der Waals surface area contributed by atoms with Crippen molar-refractivity contribution in [3.8, 4) is 0 Å². The Bertz CT molecular complexity index is 439. The Morgan fingerprint density at radius 3 is 2.20 bits per heavy atom. The quantitative estimate of drug-likeness (QED) is 0.910. The highest BCUT2D eigenvalue weighted by atomic mass is 15.2. The van der Waals surface area contributed by atoms with Crippen LogP contribution in [0.3, 0.4) is 0 Å². The zero-order valence-corrected chi connectivity index (χ0v) is 13.7. The average Bonchev–Trinajstić information content (AvgIpc) is 2.70. The largest absolute Gasteiger partial charge is 0.329 e. The van der Waals surface area contributed by atoms with Gasteiger partial charge in [-0.1, -0.05) is 58.9 Å². The van der Waals surface area contributed by atoms with Gasteiger partial charge in [0.1, 0.15) is 0 Å². The zero-order chi connectivity index (χ0) is 15.0. The summed E-state index contributed by atoms with van der Waals surface area (Å²) in [6.07, 6.45) is 1.27. The van der Waals surface area contributed by atoms with Gasteiger partial charge in [0.2, 0.25) is 0 Å². The van der Waals surface area contributed by atoms with Crippen LogP contribution in [0.5, 0.6) is 0 Å². The van der Waals surface area contributed by atoms with E-state index in [1.165, 1.54) is 17.5 Å². The van der Waals surface area contributed by atoms with Crippen LogP contribution >= 0.6 is 0 Å². The smallest absolute Gasteiger partial charge is 0.0470 e. The maximum absolute atomic E-state index is 6.06. The van der Waals surface area contributed by atoms with Crippen LogP contribution in [0.2, 0.25) is 0 Å². The van der Waals surface area contributed by atoms with Crippen LogP contribution in [-0.4, -0.2) is 24.5 Å². The summed E-state index contributed by atoms with van der Waals surface area (Å²) >= 11 is 0. The van der Waals surface area contributed by atoms with E-state index in [0.717, 1.165) is 13.1 Å². The van der Waals surface area contributed by atoms with Gasteiger partial charge in [0.05, 0.1) is 0 Å². The second kappa shape index (κ2) is 5.50. The number of rotatable bonds is 3. The van der Waals surface area contributed by atoms with Crippen molar-refractivity contribution in [3.05, 3.63) is 35.4 Å². The fraction of sp³-hybridized carbons (Fsp3) is 0.667. The number of hydrogen-bond acceptors (Lipinski definition) is 2. The minimum atomic E-state index is 0.215. The minimum absolute atomic E-state index is 0.215. The minimum Gasteiger partial charge on any atom is -0.329 e. The van der Waals surface area contributed by atoms with Crippen LogP contribution in [0.4, 0.5) is 0 Å². The molecular weight excluding hydrogens is 244 g/mol. The van der Waals surface area contributed by atoms with Gasteiger partial charge in [0, 0.05) is 19.1 Å². The SMILES string of the molecule is CC1(C)CCN(C(CN)c2ccc(C(C)(C)C)cc2)C1. The topological polar surface area (TPSA) is 29.3 Å². The first-order valence-corrected chi connectivity index (χ1v) is 7.77. The lowest BCUT2D eigenvalue weighted by Gasteiger charge is -2.29. The standard InChI is InChI=1S/C18H30N2/c1-17(2,3)15-8-6-14(7-9-15)16(12-19)20-11-10-18(4,5)13-20/h6-9,16H,10-13,19H2,1-5H3. The molecule has 2 N–H and O–H groups in total. The van der Waals surface area contributed by atoms with Gasteiger partial charge in [-0.15, -0.1) is 0 Å². The fourth-order valence-electron chi connectivity index (χ4n) is 3.12. The molecule has 112 valence electrons. The van der Waals surface area contributed by atoms with Gasteiger partial charge in [0.15, 0.2) is 0 Å². The molecule has 0 aromatic heterocycles. The molecule has 1 unspecified atom stereocenters. The summed E-state index contributed by atoms with van der Waals surface area (Å²) in [6, 6.07) is 9.43. The normalized spacial score (nSPS) is 21.1. The van der Waals surface area contributed by atoms with E-state index in [0.29, 0.717) is 18.0 Å². The van der Waals surface area contributed by atoms with Crippen molar-refractivity contribution in [3.63, 3.8) is 0 Å². The Morgan fingerprint density at radius 1 is 1.20 bits per heavy atom. The maximum atomic E-state index is 6.06. The third-order valence-corrected chi connectivity index (χ3v) is 4.53. The average molecular weight is 274 g/mol. The summed E-state index contributed by atoms with van der Waals surface area (Å²) in [5.41, 5.74) is 9.45. The third kappa shape index (κ3) is 3.42. The first-order chi connectivity index (χ1) is 9.23. The molecule has 0 spiro atoms. The van der Waals surface area contributed by atoms with Crippen LogP contribution < -0.4 is 5.73 Å². The molecule has 2 heteroatoms. The molecule has 2 rings (SSSR count). The summed E-state index contributed by atoms with van der Waals surface area (Å²) in [5.74, 6) is 0. The van der Waals surface area contributed by atoms with E-state index in [1.54, 1.807) is 0 Å². The Labute approximate surface area is 124 Å². The Kier molecular flexibility index (Phi) is 4.27. The summed E-state index contributed by atoms with van der Waals surface area (Å²) in [5, 5.41) is 0. The predicted octanol–water partition coefficient (Wildman–Crippen LogP) is 3.72. The Hall–Kier alpha value is -0.860. The van der Waals surface area contributed by atoms with Gasteiger partial charge < -0.3 is 5.73 Å². The van der Waals surface area contributed by atoms with Crippen LogP contribution in [0.1, 0.15) is 58.2 Å². The summed E-state index contributed by atoms with van der Waals surface area (Å²) in [4.78, 5) is 2.55. The Morgan fingerprint density at radius 2 is 1.80 bits per heavy atom. The lowest BCUT2D eigenvalue weighted by atomic mass is 9.86. The molecule has 0 aliphatic carbocycles. The van der Waals surface area contributed by atoms with Crippen molar-refractivity contribution in [2.75, 3.05) is 19.6 Å². The lowest BCUT2D eigenvalue weighted by molar-refractivity contribution is 0.223. The van der Waals surface area contributed by atoms with Crippen LogP contribution in [0.25, 0.3) is 0 Å². The predicted molar refractivity (Wildman–Crippen MR) is 86.9 cm³/mol. The second-order valence-electron chi connectivity index (χ2n) is 8.01. The number of nitrogens with two attached hydrogens (primary N) is 1. The van der Waals surface area contributed by atoms with Crippen molar-refractivity contribution < 1.29 is 0 Å². The molecule has 0 saturated carbocycles. The highest BCUT2D eigenvalue weighted by molar-refractivity contribution is 5.29. The van der Waals surface area contributed by atoms with Crippen LogP contribution in [0, 0.1) is 5.41 Å². The molecule has 1 aromatic rings. The van der Waals surface area contributed by atoms with Gasteiger partial charge in [-0.05, 0) is 34.9 Å². The van der Waals surface area contributed by atoms with Crippen molar-refractivity contribution >= 4 is 0 Å². The van der Waals surface area contributed by atoms with E-state index in [4.69, 9.17) is 5.73 Å². The van der Waals surface area contributed by atoms with E-state index >= 15 is 0 Å². The maximum Gasteiger partial charge on any atom is 0.0470 e. The van der Waals surface area contributed by atoms with Gasteiger partial charge in [-0.25, -0.2) is 0 Å². The van der Waals surface area contributed by atoms with E-state index < -0.39 is 0 Å². The summed E-state index contributed by atoms with van der Waals surface area (Å²) in [6.45, 7) is 14.5. The zero-order valence-electron chi connectivity index (χ0n) is 13.7. The molecular formula is C18H30N2. The number of benzene rings is 1. The molecule has 1 aromatic carbocycles. The van der Waals surface area contributed by atoms with Gasteiger partial charge in [-0.2, -0.15) is 0 Å². The summed E-state index contributed by atoms with van der Waals surface area (Å²) in [7, 11) is 0. The number of likely N-dealkylation sites (tertiary alicyclic amines) is 1. The number of nitrogens with zero attached hydrogens (tertiary/aromatic N) is 1. The molecule has 1 saturated heterocycles. The third-order valence-electron chi connectivity index (χ3n) is 4.53. The molecule has 1 fully saturated rings. The molecule has 0 amide bonds.